The highest BCUT2D eigenvalue weighted by atomic mass is 32.2. The number of nitrogens with zero attached hydrogens (tertiary/aromatic N) is 3. The van der Waals surface area contributed by atoms with Gasteiger partial charge in [0.2, 0.25) is 15.9 Å². The molecule has 180 valence electrons. The van der Waals surface area contributed by atoms with Gasteiger partial charge in [0.05, 0.1) is 0 Å². The first-order valence-electron chi connectivity index (χ1n) is 11.9. The molecule has 2 saturated heterocycles. The zero-order valence-corrected chi connectivity index (χ0v) is 20.4. The maximum absolute atomic E-state index is 13.0. The lowest BCUT2D eigenvalue weighted by Gasteiger charge is -2.30. The molecule has 0 unspecified atom stereocenters. The Hall–Kier alpha value is -2.23. The molecule has 2 aliphatic rings. The van der Waals surface area contributed by atoms with E-state index in [0.29, 0.717) is 43.9 Å². The molecule has 33 heavy (non-hydrogen) atoms. The van der Waals surface area contributed by atoms with Crippen LogP contribution in [0.25, 0.3) is 0 Å². The van der Waals surface area contributed by atoms with Crippen molar-refractivity contribution in [3.8, 4) is 0 Å². The summed E-state index contributed by atoms with van der Waals surface area (Å²) in [5.41, 5.74) is 2.75. The molecule has 0 saturated carbocycles. The smallest absolute Gasteiger partial charge is 0.248 e. The van der Waals surface area contributed by atoms with Crippen molar-refractivity contribution >= 4 is 15.9 Å². The third kappa shape index (κ3) is 5.65. The Kier molecular flexibility index (Phi) is 7.51. The lowest BCUT2D eigenvalue weighted by Crippen LogP contribution is -2.43. The monoisotopic (exact) mass is 474 g/mol. The highest BCUT2D eigenvalue weighted by molar-refractivity contribution is 7.89. The van der Waals surface area contributed by atoms with E-state index in [2.05, 4.69) is 39.6 Å². The van der Waals surface area contributed by atoms with Gasteiger partial charge in [-0.25, -0.2) is 8.42 Å². The fourth-order valence-corrected chi connectivity index (χ4v) is 6.56. The van der Waals surface area contributed by atoms with Gasteiger partial charge in [0.25, 0.3) is 0 Å². The number of amides is 1. The second-order valence-electron chi connectivity index (χ2n) is 9.20. The first-order chi connectivity index (χ1) is 15.8. The van der Waals surface area contributed by atoms with Crippen LogP contribution in [0.1, 0.15) is 54.7 Å². The van der Waals surface area contributed by atoms with Gasteiger partial charge in [0.15, 0.2) is 5.76 Å². The summed E-state index contributed by atoms with van der Waals surface area (Å²) < 4.78 is 32.4. The summed E-state index contributed by atoms with van der Waals surface area (Å²) in [5, 5.41) is 6.79. The first kappa shape index (κ1) is 23.9. The summed E-state index contributed by atoms with van der Waals surface area (Å²) >= 11 is 0. The van der Waals surface area contributed by atoms with Crippen molar-refractivity contribution in [3.05, 3.63) is 46.8 Å². The summed E-state index contributed by atoms with van der Waals surface area (Å²) in [5.74, 6) is 0.107. The molecule has 2 aromatic rings. The summed E-state index contributed by atoms with van der Waals surface area (Å²) in [6, 6.07) is 8.46. The van der Waals surface area contributed by atoms with Crippen LogP contribution in [-0.2, 0) is 27.9 Å². The van der Waals surface area contributed by atoms with Crippen molar-refractivity contribution in [1.82, 2.24) is 19.7 Å². The highest BCUT2D eigenvalue weighted by Gasteiger charge is 2.35. The van der Waals surface area contributed by atoms with E-state index in [4.69, 9.17) is 4.52 Å². The van der Waals surface area contributed by atoms with E-state index in [1.54, 1.807) is 13.8 Å². The topological polar surface area (TPSA) is 95.8 Å². The average molecular weight is 475 g/mol. The van der Waals surface area contributed by atoms with Crippen LogP contribution in [0.15, 0.2) is 33.7 Å². The Morgan fingerprint density at radius 1 is 1.03 bits per heavy atom. The van der Waals surface area contributed by atoms with E-state index in [9.17, 15) is 13.2 Å². The number of hydrogen-bond acceptors (Lipinski definition) is 6. The number of piperidine rings is 2. The molecule has 4 rings (SSSR count). The summed E-state index contributed by atoms with van der Waals surface area (Å²) in [7, 11) is -3.66. The van der Waals surface area contributed by atoms with Gasteiger partial charge in [0, 0.05) is 32.1 Å². The van der Waals surface area contributed by atoms with E-state index in [1.807, 2.05) is 0 Å². The zero-order valence-electron chi connectivity index (χ0n) is 19.5. The number of carbonyl (C=O) groups excluding carboxylic acids is 1. The lowest BCUT2D eigenvalue weighted by atomic mass is 9.97. The van der Waals surface area contributed by atoms with Gasteiger partial charge in [0.1, 0.15) is 10.6 Å². The summed E-state index contributed by atoms with van der Waals surface area (Å²) in [4.78, 5) is 15.3. The maximum atomic E-state index is 13.0. The van der Waals surface area contributed by atoms with Gasteiger partial charge >= 0.3 is 0 Å². The van der Waals surface area contributed by atoms with Gasteiger partial charge in [-0.1, -0.05) is 35.8 Å². The van der Waals surface area contributed by atoms with Crippen LogP contribution in [0.5, 0.6) is 0 Å². The second kappa shape index (κ2) is 10.4. The van der Waals surface area contributed by atoms with Crippen molar-refractivity contribution in [2.24, 2.45) is 5.92 Å². The van der Waals surface area contributed by atoms with E-state index in [0.717, 1.165) is 12.1 Å². The Balaban J connectivity index is 1.25. The quantitative estimate of drug-likeness (QED) is 0.663. The van der Waals surface area contributed by atoms with Crippen molar-refractivity contribution in [1.29, 1.82) is 0 Å². The Morgan fingerprint density at radius 3 is 2.27 bits per heavy atom. The molecule has 1 aromatic carbocycles. The molecule has 0 atom stereocenters. The van der Waals surface area contributed by atoms with Crippen molar-refractivity contribution in [2.75, 3.05) is 26.2 Å². The molecule has 0 aliphatic carbocycles. The van der Waals surface area contributed by atoms with Gasteiger partial charge in [-0.2, -0.15) is 4.31 Å². The molecule has 9 heteroatoms. The molecule has 0 spiro atoms. The van der Waals surface area contributed by atoms with Crippen LogP contribution in [0.2, 0.25) is 0 Å². The number of aromatic nitrogens is 1. The first-order valence-corrected chi connectivity index (χ1v) is 13.3. The summed E-state index contributed by atoms with van der Waals surface area (Å²) in [6.07, 6.45) is 4.92. The van der Waals surface area contributed by atoms with Gasteiger partial charge in [-0.3, -0.25) is 9.69 Å². The number of nitrogens with one attached hydrogen (secondary N) is 1. The third-order valence-corrected chi connectivity index (χ3v) is 8.88. The van der Waals surface area contributed by atoms with E-state index < -0.39 is 10.0 Å². The van der Waals surface area contributed by atoms with E-state index >= 15 is 0 Å². The molecule has 1 N–H and O–H groups in total. The molecule has 3 heterocycles. The van der Waals surface area contributed by atoms with Gasteiger partial charge < -0.3 is 9.84 Å². The number of hydrogen-bond donors (Lipinski definition) is 1. The van der Waals surface area contributed by atoms with Crippen LogP contribution in [-0.4, -0.2) is 54.9 Å². The number of aryl methyl sites for hydroxylation is 2. The molecule has 1 amide bonds. The van der Waals surface area contributed by atoms with Crippen LogP contribution in [0.4, 0.5) is 0 Å². The van der Waals surface area contributed by atoms with Crippen molar-refractivity contribution in [3.63, 3.8) is 0 Å². The molecule has 0 radical (unpaired) electrons. The second-order valence-corrected chi connectivity index (χ2v) is 11.1. The minimum Gasteiger partial charge on any atom is -0.360 e. The minimum atomic E-state index is -3.66. The van der Waals surface area contributed by atoms with Crippen molar-refractivity contribution < 1.29 is 17.7 Å². The molecule has 0 bridgehead atoms. The van der Waals surface area contributed by atoms with Crippen LogP contribution in [0, 0.1) is 19.8 Å². The summed E-state index contributed by atoms with van der Waals surface area (Å²) in [6.45, 7) is 7.69. The highest BCUT2D eigenvalue weighted by Crippen LogP contribution is 2.27. The zero-order chi connectivity index (χ0) is 23.4. The lowest BCUT2D eigenvalue weighted by molar-refractivity contribution is -0.126. The Labute approximate surface area is 196 Å². The fraction of sp³-hybridized carbons (Fsp3) is 0.583. The number of benzene rings is 1. The Morgan fingerprint density at radius 2 is 1.67 bits per heavy atom. The minimum absolute atomic E-state index is 0.0122. The number of carbonyl (C=O) groups is 1. The van der Waals surface area contributed by atoms with Gasteiger partial charge in [-0.05, 0) is 63.7 Å². The van der Waals surface area contributed by atoms with Gasteiger partial charge in [-0.15, -0.1) is 0 Å². The number of rotatable bonds is 7. The standard InChI is InChI=1S/C24H34N4O4S/c1-18-23(19(2)32-26-18)33(30,31)28-14-10-22(11-15-28)24(29)25-16-20-6-8-21(9-7-20)17-27-12-4-3-5-13-27/h6-9,22H,3-5,10-17H2,1-2H3,(H,25,29). The van der Waals surface area contributed by atoms with Crippen LogP contribution < -0.4 is 5.32 Å². The van der Waals surface area contributed by atoms with Crippen LogP contribution >= 0.6 is 0 Å². The Bertz CT molecular complexity index is 1030. The van der Waals surface area contributed by atoms with Crippen LogP contribution in [0.3, 0.4) is 0 Å². The number of likely N-dealkylation sites (tertiary alicyclic amines) is 1. The maximum Gasteiger partial charge on any atom is 0.248 e. The average Bonchev–Trinajstić information content (AvgIpc) is 3.17. The molecule has 2 aliphatic heterocycles. The molecular formula is C24H34N4O4S. The van der Waals surface area contributed by atoms with Crippen molar-refractivity contribution in [2.45, 2.75) is 63.9 Å². The number of sulfonamides is 1. The van der Waals surface area contributed by atoms with E-state index in [1.165, 1.54) is 42.2 Å². The molecule has 1 aromatic heterocycles. The largest absolute Gasteiger partial charge is 0.360 e. The molecule has 2 fully saturated rings. The predicted octanol–water partition coefficient (Wildman–Crippen LogP) is 2.99. The third-order valence-electron chi connectivity index (χ3n) is 6.74. The fourth-order valence-electron chi connectivity index (χ4n) is 4.80. The molecule has 8 nitrogen and oxygen atoms in total. The normalized spacial score (nSPS) is 19.0. The SMILES string of the molecule is Cc1noc(C)c1S(=O)(=O)N1CCC(C(=O)NCc2ccc(CN3CCCCC3)cc2)CC1. The predicted molar refractivity (Wildman–Crippen MR) is 125 cm³/mol. The molecular weight excluding hydrogens is 440 g/mol. The van der Waals surface area contributed by atoms with E-state index in [-0.39, 0.29) is 16.7 Å².